The molecule has 0 spiro atoms. The van der Waals surface area contributed by atoms with E-state index < -0.39 is 0 Å². The minimum absolute atomic E-state index is 0.190. The molecule has 0 bridgehead atoms. The molecule has 0 N–H and O–H groups in total. The number of halogens is 1. The molecule has 0 aliphatic rings. The van der Waals surface area contributed by atoms with Gasteiger partial charge in [0.15, 0.2) is 0 Å². The third-order valence-corrected chi connectivity index (χ3v) is 3.82. The highest BCUT2D eigenvalue weighted by Crippen LogP contribution is 2.34. The Morgan fingerprint density at radius 2 is 1.78 bits per heavy atom. The fourth-order valence-electron chi connectivity index (χ4n) is 1.64. The van der Waals surface area contributed by atoms with Gasteiger partial charge in [-0.3, -0.25) is 4.79 Å². The fourth-order valence-corrected chi connectivity index (χ4v) is 2.73. The summed E-state index contributed by atoms with van der Waals surface area (Å²) in [4.78, 5) is 12.9. The first kappa shape index (κ1) is 12.9. The molecular formula is C13H11ClO3S. The monoisotopic (exact) mass is 282 g/mol. The lowest BCUT2D eigenvalue weighted by molar-refractivity contribution is 0.103. The van der Waals surface area contributed by atoms with Gasteiger partial charge in [0, 0.05) is 0 Å². The Hall–Kier alpha value is -1.52. The maximum atomic E-state index is 12.5. The number of benzene rings is 1. The first-order valence-corrected chi connectivity index (χ1v) is 6.43. The van der Waals surface area contributed by atoms with Crippen molar-refractivity contribution in [1.82, 2.24) is 0 Å². The summed E-state index contributed by atoms with van der Waals surface area (Å²) in [6.45, 7) is 0. The van der Waals surface area contributed by atoms with Crippen LogP contribution in [0.25, 0.3) is 0 Å². The smallest absolute Gasteiger partial charge is 0.211 e. The molecule has 0 saturated heterocycles. The van der Waals surface area contributed by atoms with Crippen LogP contribution in [0.15, 0.2) is 29.6 Å². The van der Waals surface area contributed by atoms with Gasteiger partial charge in [0.25, 0.3) is 0 Å². The van der Waals surface area contributed by atoms with E-state index in [1.807, 2.05) is 0 Å². The second-order valence-corrected chi connectivity index (χ2v) is 4.79. The molecule has 2 aromatic rings. The highest BCUT2D eigenvalue weighted by atomic mass is 35.5. The SMILES string of the molecule is COc1cccc(OC)c1C(=O)c1sccc1Cl. The molecule has 1 heterocycles. The molecule has 94 valence electrons. The van der Waals surface area contributed by atoms with Gasteiger partial charge in [0.2, 0.25) is 5.78 Å². The van der Waals surface area contributed by atoms with E-state index >= 15 is 0 Å². The van der Waals surface area contributed by atoms with E-state index in [9.17, 15) is 4.79 Å². The van der Waals surface area contributed by atoms with Crippen LogP contribution in [0.1, 0.15) is 15.2 Å². The van der Waals surface area contributed by atoms with E-state index in [-0.39, 0.29) is 5.78 Å². The van der Waals surface area contributed by atoms with Gasteiger partial charge in [0.05, 0.1) is 24.1 Å². The minimum atomic E-state index is -0.190. The van der Waals surface area contributed by atoms with Crippen molar-refractivity contribution >= 4 is 28.7 Å². The molecule has 0 amide bonds. The number of rotatable bonds is 4. The maximum absolute atomic E-state index is 12.5. The van der Waals surface area contributed by atoms with E-state index in [0.717, 1.165) is 0 Å². The highest BCUT2D eigenvalue weighted by molar-refractivity contribution is 7.13. The van der Waals surface area contributed by atoms with Crippen LogP contribution in [0.5, 0.6) is 11.5 Å². The Morgan fingerprint density at radius 3 is 2.22 bits per heavy atom. The van der Waals surface area contributed by atoms with Crippen molar-refractivity contribution in [3.8, 4) is 11.5 Å². The summed E-state index contributed by atoms with van der Waals surface area (Å²) in [5, 5.41) is 2.22. The van der Waals surface area contributed by atoms with Gasteiger partial charge in [-0.2, -0.15) is 0 Å². The van der Waals surface area contributed by atoms with Crippen molar-refractivity contribution in [2.45, 2.75) is 0 Å². The summed E-state index contributed by atoms with van der Waals surface area (Å²) >= 11 is 7.28. The number of methoxy groups -OCH3 is 2. The zero-order valence-electron chi connectivity index (χ0n) is 9.90. The summed E-state index contributed by atoms with van der Waals surface area (Å²) in [7, 11) is 3.03. The Kier molecular flexibility index (Phi) is 3.89. The predicted octanol–water partition coefficient (Wildman–Crippen LogP) is 3.65. The second-order valence-electron chi connectivity index (χ2n) is 3.46. The summed E-state index contributed by atoms with van der Waals surface area (Å²) < 4.78 is 10.4. The van der Waals surface area contributed by atoms with Crippen LogP contribution >= 0.6 is 22.9 Å². The van der Waals surface area contributed by atoms with E-state index in [1.165, 1.54) is 25.6 Å². The normalized spacial score (nSPS) is 10.2. The van der Waals surface area contributed by atoms with Crippen molar-refractivity contribution in [3.05, 3.63) is 45.1 Å². The Morgan fingerprint density at radius 1 is 1.17 bits per heavy atom. The van der Waals surface area contributed by atoms with Gasteiger partial charge in [0.1, 0.15) is 17.1 Å². The molecule has 3 nitrogen and oxygen atoms in total. The van der Waals surface area contributed by atoms with Crippen LogP contribution in [0.3, 0.4) is 0 Å². The van der Waals surface area contributed by atoms with E-state index in [2.05, 4.69) is 0 Å². The lowest BCUT2D eigenvalue weighted by Gasteiger charge is -2.11. The quantitative estimate of drug-likeness (QED) is 0.803. The summed E-state index contributed by atoms with van der Waals surface area (Å²) in [6, 6.07) is 6.90. The molecule has 0 saturated carbocycles. The molecule has 5 heteroatoms. The van der Waals surface area contributed by atoms with Crippen molar-refractivity contribution in [2.75, 3.05) is 14.2 Å². The first-order valence-electron chi connectivity index (χ1n) is 5.17. The molecule has 0 fully saturated rings. The second kappa shape index (κ2) is 5.42. The Bertz CT molecular complexity index is 555. The number of ketones is 1. The van der Waals surface area contributed by atoms with Crippen molar-refractivity contribution in [2.24, 2.45) is 0 Å². The number of thiophene rings is 1. The number of hydrogen-bond donors (Lipinski definition) is 0. The standard InChI is InChI=1S/C13H11ClO3S/c1-16-9-4-3-5-10(17-2)11(9)12(15)13-8(14)6-7-18-13/h3-7H,1-2H3. The van der Waals surface area contributed by atoms with E-state index in [0.29, 0.717) is 27.0 Å². The molecule has 0 unspecified atom stereocenters. The topological polar surface area (TPSA) is 35.5 Å². The molecular weight excluding hydrogens is 272 g/mol. The average Bonchev–Trinajstić information content (AvgIpc) is 2.83. The summed E-state index contributed by atoms with van der Waals surface area (Å²) in [5.41, 5.74) is 0.395. The van der Waals surface area contributed by atoms with Gasteiger partial charge in [-0.15, -0.1) is 11.3 Å². The number of carbonyl (C=O) groups excluding carboxylic acids is 1. The molecule has 0 aliphatic heterocycles. The zero-order chi connectivity index (χ0) is 13.1. The summed E-state index contributed by atoms with van der Waals surface area (Å²) in [6.07, 6.45) is 0. The van der Waals surface area contributed by atoms with Crippen LogP contribution in [-0.2, 0) is 0 Å². The van der Waals surface area contributed by atoms with Gasteiger partial charge < -0.3 is 9.47 Å². The van der Waals surface area contributed by atoms with Gasteiger partial charge in [-0.1, -0.05) is 17.7 Å². The van der Waals surface area contributed by atoms with Crippen molar-refractivity contribution < 1.29 is 14.3 Å². The zero-order valence-corrected chi connectivity index (χ0v) is 11.5. The third-order valence-electron chi connectivity index (χ3n) is 2.48. The van der Waals surface area contributed by atoms with Gasteiger partial charge in [-0.25, -0.2) is 0 Å². The van der Waals surface area contributed by atoms with Gasteiger partial charge >= 0.3 is 0 Å². The van der Waals surface area contributed by atoms with Crippen LogP contribution in [0.4, 0.5) is 0 Å². The number of hydrogen-bond acceptors (Lipinski definition) is 4. The molecule has 0 radical (unpaired) electrons. The Labute approximate surface area is 114 Å². The van der Waals surface area contributed by atoms with Crippen molar-refractivity contribution in [1.29, 1.82) is 0 Å². The number of ether oxygens (including phenoxy) is 2. The average molecular weight is 283 g/mol. The highest BCUT2D eigenvalue weighted by Gasteiger charge is 2.22. The van der Waals surface area contributed by atoms with E-state index in [1.54, 1.807) is 29.6 Å². The first-order chi connectivity index (χ1) is 8.69. The maximum Gasteiger partial charge on any atom is 0.211 e. The molecule has 18 heavy (non-hydrogen) atoms. The fraction of sp³-hybridized carbons (Fsp3) is 0.154. The lowest BCUT2D eigenvalue weighted by Crippen LogP contribution is -2.05. The lowest BCUT2D eigenvalue weighted by atomic mass is 10.1. The predicted molar refractivity (Wildman–Crippen MR) is 72.3 cm³/mol. The Balaban J connectivity index is 2.56. The number of carbonyl (C=O) groups is 1. The van der Waals surface area contributed by atoms with E-state index in [4.69, 9.17) is 21.1 Å². The van der Waals surface area contributed by atoms with Crippen LogP contribution in [-0.4, -0.2) is 20.0 Å². The van der Waals surface area contributed by atoms with Crippen LogP contribution in [0.2, 0.25) is 5.02 Å². The molecule has 0 atom stereocenters. The van der Waals surface area contributed by atoms with Gasteiger partial charge in [-0.05, 0) is 23.6 Å². The van der Waals surface area contributed by atoms with Crippen LogP contribution in [0, 0.1) is 0 Å². The van der Waals surface area contributed by atoms with Crippen LogP contribution < -0.4 is 9.47 Å². The molecule has 0 aliphatic carbocycles. The molecule has 1 aromatic heterocycles. The van der Waals surface area contributed by atoms with Crippen molar-refractivity contribution in [3.63, 3.8) is 0 Å². The summed E-state index contributed by atoms with van der Waals surface area (Å²) in [5.74, 6) is 0.761. The molecule has 1 aromatic carbocycles. The molecule has 2 rings (SSSR count). The minimum Gasteiger partial charge on any atom is -0.496 e. The largest absolute Gasteiger partial charge is 0.496 e. The third kappa shape index (κ3) is 2.21.